The first-order valence-electron chi connectivity index (χ1n) is 13.6. The Labute approximate surface area is 218 Å². The summed E-state index contributed by atoms with van der Waals surface area (Å²) in [4.78, 5) is 12.8. The summed E-state index contributed by atoms with van der Waals surface area (Å²) >= 11 is 0. The lowest BCUT2D eigenvalue weighted by Crippen LogP contribution is -2.37. The summed E-state index contributed by atoms with van der Waals surface area (Å²) in [6.45, 7) is 2.20. The number of unbranched alkanes of at least 4 members (excludes halogenated alkanes) is 2. The van der Waals surface area contributed by atoms with Crippen molar-refractivity contribution in [1.29, 1.82) is 0 Å². The highest BCUT2D eigenvalue weighted by molar-refractivity contribution is 5.87. The molecule has 210 valence electrons. The van der Waals surface area contributed by atoms with Crippen molar-refractivity contribution < 1.29 is 40.6 Å². The van der Waals surface area contributed by atoms with E-state index in [4.69, 9.17) is 4.74 Å². The molecular formula is C29H34F6O3. The van der Waals surface area contributed by atoms with Crippen LogP contribution in [-0.4, -0.2) is 18.5 Å². The zero-order chi connectivity index (χ0) is 27.4. The van der Waals surface area contributed by atoms with Crippen LogP contribution in [0.25, 0.3) is 10.8 Å². The lowest BCUT2D eigenvalue weighted by molar-refractivity contribution is -0.276. The minimum Gasteiger partial charge on any atom is -0.426 e. The number of halogens is 6. The number of esters is 1. The lowest BCUT2D eigenvalue weighted by Gasteiger charge is -2.38. The number of ether oxygens (including phenoxy) is 2. The fraction of sp³-hybridized carbons (Fsp3) is 0.621. The highest BCUT2D eigenvalue weighted by atomic mass is 19.4. The molecule has 0 bridgehead atoms. The molecule has 2 aliphatic rings. The van der Waals surface area contributed by atoms with E-state index >= 15 is 4.39 Å². The van der Waals surface area contributed by atoms with Crippen molar-refractivity contribution in [3.63, 3.8) is 0 Å². The molecule has 9 heteroatoms. The first-order chi connectivity index (χ1) is 18.1. The number of benzene rings is 2. The molecular weight excluding hydrogens is 510 g/mol. The van der Waals surface area contributed by atoms with Crippen molar-refractivity contribution in [2.24, 2.45) is 23.7 Å². The minimum atomic E-state index is -5.26. The Kier molecular flexibility index (Phi) is 9.14. The number of fused-ring (bicyclic) bond motifs is 1. The number of carbonyl (C=O) groups is 1. The summed E-state index contributed by atoms with van der Waals surface area (Å²) in [6, 6.07) is 4.04. The van der Waals surface area contributed by atoms with Crippen LogP contribution < -0.4 is 9.47 Å². The van der Waals surface area contributed by atoms with Gasteiger partial charge in [-0.2, -0.15) is 0 Å². The van der Waals surface area contributed by atoms with Crippen molar-refractivity contribution in [2.45, 2.75) is 90.1 Å². The van der Waals surface area contributed by atoms with Crippen molar-refractivity contribution in [2.75, 3.05) is 0 Å². The van der Waals surface area contributed by atoms with Crippen LogP contribution in [0, 0.1) is 35.3 Å². The van der Waals surface area contributed by atoms with Crippen molar-refractivity contribution in [3.8, 4) is 11.5 Å². The molecule has 2 fully saturated rings. The molecule has 0 aromatic heterocycles. The van der Waals surface area contributed by atoms with E-state index in [1.807, 2.05) is 0 Å². The summed E-state index contributed by atoms with van der Waals surface area (Å²) in [5, 5.41) is -0.458. The van der Waals surface area contributed by atoms with E-state index in [-0.39, 0.29) is 22.4 Å². The number of rotatable bonds is 8. The van der Waals surface area contributed by atoms with Gasteiger partial charge in [-0.25, -0.2) is 13.2 Å². The van der Waals surface area contributed by atoms with E-state index in [1.165, 1.54) is 44.6 Å². The number of hydrogen-bond acceptors (Lipinski definition) is 3. The highest BCUT2D eigenvalue weighted by Gasteiger charge is 2.40. The molecule has 0 spiro atoms. The second-order valence-electron chi connectivity index (χ2n) is 10.8. The molecule has 0 heterocycles. The van der Waals surface area contributed by atoms with Crippen LogP contribution in [0.3, 0.4) is 0 Å². The Hall–Kier alpha value is -2.45. The first-order valence-corrected chi connectivity index (χ1v) is 13.6. The normalized spacial score (nSPS) is 26.3. The number of alkyl halides is 4. The predicted molar refractivity (Wildman–Crippen MR) is 131 cm³/mol. The highest BCUT2D eigenvalue weighted by Crippen LogP contribution is 2.44. The van der Waals surface area contributed by atoms with Gasteiger partial charge in [0, 0.05) is 5.39 Å². The van der Waals surface area contributed by atoms with Crippen LogP contribution in [0.4, 0.5) is 26.3 Å². The van der Waals surface area contributed by atoms with Crippen LogP contribution in [0.2, 0.25) is 0 Å². The van der Waals surface area contributed by atoms with Crippen LogP contribution in [-0.2, 0) is 4.79 Å². The fourth-order valence-electron chi connectivity index (χ4n) is 6.22. The van der Waals surface area contributed by atoms with Crippen molar-refractivity contribution >= 4 is 16.7 Å². The molecule has 3 unspecified atom stereocenters. The molecule has 0 amide bonds. The summed E-state index contributed by atoms with van der Waals surface area (Å²) in [5.41, 5.74) is 0. The lowest BCUT2D eigenvalue weighted by atomic mass is 9.68. The minimum absolute atomic E-state index is 0.0680. The topological polar surface area (TPSA) is 35.5 Å². The third-order valence-electron chi connectivity index (χ3n) is 8.28. The van der Waals surface area contributed by atoms with Gasteiger partial charge in [0.2, 0.25) is 5.75 Å². The summed E-state index contributed by atoms with van der Waals surface area (Å²) in [6.07, 6.45) is 4.52. The maximum absolute atomic E-state index is 15.1. The zero-order valence-electron chi connectivity index (χ0n) is 21.5. The SMILES string of the molecule is CCCCCC1CCC(C2CCC(C(=O)Oc3ccc4c(F)c(OC(F)(F)F)c(F)cc4c3)C(F)C2)CC1. The van der Waals surface area contributed by atoms with E-state index < -0.39 is 41.8 Å². The summed E-state index contributed by atoms with van der Waals surface area (Å²) < 4.78 is 89.9. The predicted octanol–water partition coefficient (Wildman–Crippen LogP) is 9.06. The Morgan fingerprint density at radius 1 is 0.974 bits per heavy atom. The Morgan fingerprint density at radius 3 is 2.34 bits per heavy atom. The van der Waals surface area contributed by atoms with Crippen LogP contribution >= 0.6 is 0 Å². The first kappa shape index (κ1) is 28.6. The summed E-state index contributed by atoms with van der Waals surface area (Å²) in [5.74, 6) is -4.86. The Morgan fingerprint density at radius 2 is 1.68 bits per heavy atom. The molecule has 2 saturated carbocycles. The van der Waals surface area contributed by atoms with Gasteiger partial charge in [-0.15, -0.1) is 13.2 Å². The molecule has 4 rings (SSSR count). The molecule has 3 nitrogen and oxygen atoms in total. The molecule has 3 atom stereocenters. The zero-order valence-corrected chi connectivity index (χ0v) is 21.5. The maximum Gasteiger partial charge on any atom is 0.573 e. The van der Waals surface area contributed by atoms with E-state index in [2.05, 4.69) is 11.7 Å². The van der Waals surface area contributed by atoms with Gasteiger partial charge in [-0.1, -0.05) is 45.4 Å². The smallest absolute Gasteiger partial charge is 0.426 e. The molecule has 0 N–H and O–H groups in total. The fourth-order valence-corrected chi connectivity index (χ4v) is 6.22. The molecule has 2 aromatic rings. The Balaban J connectivity index is 1.34. The van der Waals surface area contributed by atoms with Gasteiger partial charge in [0.15, 0.2) is 11.6 Å². The summed E-state index contributed by atoms with van der Waals surface area (Å²) in [7, 11) is 0. The van der Waals surface area contributed by atoms with E-state index in [0.717, 1.165) is 37.3 Å². The van der Waals surface area contributed by atoms with E-state index in [1.54, 1.807) is 0 Å². The third kappa shape index (κ3) is 6.94. The second kappa shape index (κ2) is 12.2. The average Bonchev–Trinajstić information content (AvgIpc) is 2.86. The maximum atomic E-state index is 15.1. The molecule has 2 aromatic carbocycles. The van der Waals surface area contributed by atoms with Gasteiger partial charge in [0.1, 0.15) is 11.9 Å². The standard InChI is InChI=1S/C29H34F6O3/c1-2-3-4-5-17-6-8-18(9-7-17)19-10-12-23(24(30)15-19)28(36)37-21-11-13-22-20(14-21)16-25(31)27(26(22)32)38-29(33,34)35/h11,13-14,16-19,23-24H,2-10,12,15H2,1H3. The quantitative estimate of drug-likeness (QED) is 0.144. The van der Waals surface area contributed by atoms with Gasteiger partial charge in [0.25, 0.3) is 0 Å². The van der Waals surface area contributed by atoms with Crippen molar-refractivity contribution in [1.82, 2.24) is 0 Å². The van der Waals surface area contributed by atoms with E-state index in [0.29, 0.717) is 24.8 Å². The number of carbonyl (C=O) groups excluding carboxylic acids is 1. The van der Waals surface area contributed by atoms with Crippen LogP contribution in [0.5, 0.6) is 11.5 Å². The Bertz CT molecular complexity index is 1110. The molecule has 0 radical (unpaired) electrons. The largest absolute Gasteiger partial charge is 0.573 e. The van der Waals surface area contributed by atoms with Crippen LogP contribution in [0.15, 0.2) is 24.3 Å². The second-order valence-corrected chi connectivity index (χ2v) is 10.8. The molecule has 0 saturated heterocycles. The van der Waals surface area contributed by atoms with Crippen LogP contribution in [0.1, 0.15) is 77.6 Å². The molecule has 2 aliphatic carbocycles. The van der Waals surface area contributed by atoms with Gasteiger partial charge in [0.05, 0.1) is 5.92 Å². The average molecular weight is 545 g/mol. The van der Waals surface area contributed by atoms with Gasteiger partial charge in [-0.05, 0) is 79.5 Å². The van der Waals surface area contributed by atoms with Gasteiger partial charge >= 0.3 is 12.3 Å². The van der Waals surface area contributed by atoms with Crippen molar-refractivity contribution in [3.05, 3.63) is 35.9 Å². The monoisotopic (exact) mass is 544 g/mol. The van der Waals surface area contributed by atoms with E-state index in [9.17, 15) is 26.7 Å². The third-order valence-corrected chi connectivity index (χ3v) is 8.28. The number of hydrogen-bond donors (Lipinski definition) is 0. The molecule has 38 heavy (non-hydrogen) atoms. The molecule has 0 aliphatic heterocycles. The van der Waals surface area contributed by atoms with Gasteiger partial charge in [-0.3, -0.25) is 4.79 Å². The van der Waals surface area contributed by atoms with Gasteiger partial charge < -0.3 is 9.47 Å².